The van der Waals surface area contributed by atoms with Crippen molar-refractivity contribution in [2.24, 2.45) is 0 Å². The number of carbonyl (C=O) groups excluding carboxylic acids is 1. The molecule has 2 aromatic carbocycles. The summed E-state index contributed by atoms with van der Waals surface area (Å²) in [6.45, 7) is 1.86. The zero-order valence-corrected chi connectivity index (χ0v) is 15.0. The molecule has 0 saturated carbocycles. The van der Waals surface area contributed by atoms with Crippen molar-refractivity contribution < 1.29 is 14.6 Å². The third-order valence-corrected chi connectivity index (χ3v) is 3.76. The van der Waals surface area contributed by atoms with Gasteiger partial charge in [-0.25, -0.2) is 14.8 Å². The van der Waals surface area contributed by atoms with Crippen LogP contribution in [0.3, 0.4) is 0 Å². The smallest absolute Gasteiger partial charge is 0.350 e. The number of nitrogens with zero attached hydrogens (tertiary/aromatic N) is 3. The number of nitriles is 1. The predicted octanol–water partition coefficient (Wildman–Crippen LogP) is 3.46. The lowest BCUT2D eigenvalue weighted by Crippen LogP contribution is -2.07. The van der Waals surface area contributed by atoms with Crippen LogP contribution in [0.15, 0.2) is 60.6 Å². The van der Waals surface area contributed by atoms with Crippen molar-refractivity contribution in [3.05, 3.63) is 60.6 Å². The summed E-state index contributed by atoms with van der Waals surface area (Å²) in [5, 5.41) is 25.3. The maximum absolute atomic E-state index is 11.7. The summed E-state index contributed by atoms with van der Waals surface area (Å²) < 4.78 is 4.83. The number of esters is 1. The molecule has 0 aliphatic rings. The molecule has 0 spiro atoms. The molecule has 0 saturated heterocycles. The van der Waals surface area contributed by atoms with Gasteiger partial charge in [0, 0.05) is 23.0 Å². The zero-order chi connectivity index (χ0) is 19.9. The average Bonchev–Trinajstić information content (AvgIpc) is 2.71. The van der Waals surface area contributed by atoms with Crippen LogP contribution in [0.1, 0.15) is 6.92 Å². The van der Waals surface area contributed by atoms with Crippen molar-refractivity contribution in [1.82, 2.24) is 9.97 Å². The molecule has 0 aliphatic heterocycles. The molecule has 0 atom stereocenters. The lowest BCUT2D eigenvalue weighted by molar-refractivity contribution is -0.138. The third kappa shape index (κ3) is 4.34. The Kier molecular flexibility index (Phi) is 5.67. The predicted molar refractivity (Wildman–Crippen MR) is 105 cm³/mol. The maximum atomic E-state index is 11.7. The fourth-order valence-electron chi connectivity index (χ4n) is 2.43. The van der Waals surface area contributed by atoms with Gasteiger partial charge < -0.3 is 20.5 Å². The molecule has 1 heterocycles. The molecular weight excluding hydrogens is 358 g/mol. The first-order chi connectivity index (χ1) is 13.6. The van der Waals surface area contributed by atoms with Crippen LogP contribution in [0.4, 0.5) is 17.2 Å². The Balaban J connectivity index is 1.89. The number of hydrogen-bond donors (Lipinski definition) is 3. The maximum Gasteiger partial charge on any atom is 0.350 e. The number of fused-ring (bicyclic) bond motifs is 1. The van der Waals surface area contributed by atoms with Crippen LogP contribution in [-0.4, -0.2) is 27.7 Å². The summed E-state index contributed by atoms with van der Waals surface area (Å²) in [4.78, 5) is 20.2. The third-order valence-electron chi connectivity index (χ3n) is 3.76. The molecule has 1 aromatic heterocycles. The monoisotopic (exact) mass is 375 g/mol. The normalized spacial score (nSPS) is 10.9. The van der Waals surface area contributed by atoms with Crippen LogP contribution < -0.4 is 10.6 Å². The van der Waals surface area contributed by atoms with E-state index < -0.39 is 5.97 Å². The largest absolute Gasteiger partial charge is 0.508 e. The quantitative estimate of drug-likeness (QED) is 0.259. The fraction of sp³-hybridized carbons (Fsp3) is 0.100. The zero-order valence-electron chi connectivity index (χ0n) is 15.0. The van der Waals surface area contributed by atoms with E-state index in [9.17, 15) is 9.90 Å². The van der Waals surface area contributed by atoms with E-state index in [1.54, 1.807) is 49.4 Å². The van der Waals surface area contributed by atoms with E-state index in [1.165, 1.54) is 12.5 Å². The number of ether oxygens (including phenoxy) is 1. The van der Waals surface area contributed by atoms with Crippen molar-refractivity contribution in [1.29, 1.82) is 5.26 Å². The molecule has 0 radical (unpaired) electrons. The second kappa shape index (κ2) is 8.51. The molecule has 3 N–H and O–H groups in total. The van der Waals surface area contributed by atoms with Gasteiger partial charge in [-0.15, -0.1) is 0 Å². The van der Waals surface area contributed by atoms with Crippen LogP contribution in [0.2, 0.25) is 0 Å². The van der Waals surface area contributed by atoms with Crippen molar-refractivity contribution in [2.75, 3.05) is 17.2 Å². The van der Waals surface area contributed by atoms with Crippen LogP contribution in [0, 0.1) is 11.3 Å². The van der Waals surface area contributed by atoms with E-state index in [0.717, 1.165) is 16.6 Å². The molecule has 0 fully saturated rings. The van der Waals surface area contributed by atoms with E-state index >= 15 is 0 Å². The molecule has 0 bridgehead atoms. The van der Waals surface area contributed by atoms with Gasteiger partial charge in [-0.05, 0) is 49.4 Å². The molecular formula is C20H17N5O3. The van der Waals surface area contributed by atoms with Gasteiger partial charge in [0.05, 0.1) is 12.1 Å². The number of rotatable bonds is 6. The number of nitrogens with one attached hydrogen (secondary N) is 2. The lowest BCUT2D eigenvalue weighted by atomic mass is 10.2. The number of aromatic hydroxyl groups is 1. The van der Waals surface area contributed by atoms with E-state index in [0.29, 0.717) is 11.5 Å². The summed E-state index contributed by atoms with van der Waals surface area (Å²) >= 11 is 0. The Morgan fingerprint density at radius 1 is 1.21 bits per heavy atom. The number of anilines is 3. The Morgan fingerprint density at radius 3 is 2.68 bits per heavy atom. The van der Waals surface area contributed by atoms with Crippen molar-refractivity contribution >= 4 is 34.1 Å². The molecule has 8 heteroatoms. The van der Waals surface area contributed by atoms with E-state index in [1.807, 2.05) is 6.07 Å². The molecule has 28 heavy (non-hydrogen) atoms. The molecule has 8 nitrogen and oxygen atoms in total. The second-order valence-corrected chi connectivity index (χ2v) is 5.66. The van der Waals surface area contributed by atoms with E-state index in [4.69, 9.17) is 10.00 Å². The minimum atomic E-state index is -0.684. The van der Waals surface area contributed by atoms with Crippen LogP contribution >= 0.6 is 0 Å². The Labute approximate surface area is 161 Å². The highest BCUT2D eigenvalue weighted by Gasteiger charge is 2.10. The molecule has 0 aliphatic carbocycles. The van der Waals surface area contributed by atoms with Crippen LogP contribution in [-0.2, 0) is 9.53 Å². The molecule has 3 rings (SSSR count). The summed E-state index contributed by atoms with van der Waals surface area (Å²) in [5.74, 6) is 0.0665. The minimum absolute atomic E-state index is 0.131. The highest BCUT2D eigenvalue weighted by molar-refractivity contribution is 5.94. The summed E-state index contributed by atoms with van der Waals surface area (Å²) in [6, 6.07) is 13.8. The number of aromatic nitrogens is 2. The van der Waals surface area contributed by atoms with Gasteiger partial charge in [-0.2, -0.15) is 5.26 Å². The average molecular weight is 375 g/mol. The number of phenols is 1. The summed E-state index contributed by atoms with van der Waals surface area (Å²) in [6.07, 6.45) is 2.75. The van der Waals surface area contributed by atoms with Crippen molar-refractivity contribution in [2.45, 2.75) is 6.92 Å². The van der Waals surface area contributed by atoms with Gasteiger partial charge in [0.15, 0.2) is 5.57 Å². The van der Waals surface area contributed by atoms with Crippen LogP contribution in [0.25, 0.3) is 10.9 Å². The van der Waals surface area contributed by atoms with Crippen LogP contribution in [0.5, 0.6) is 5.75 Å². The topological polar surface area (TPSA) is 120 Å². The number of carbonyl (C=O) groups is 1. The van der Waals surface area contributed by atoms with E-state index in [-0.39, 0.29) is 17.9 Å². The SMILES string of the molecule is CCOC(=O)/C(C#N)=C\Nc1ccc2ncnc(Nc3ccc(O)cc3)c2c1. The van der Waals surface area contributed by atoms with Gasteiger partial charge >= 0.3 is 5.97 Å². The highest BCUT2D eigenvalue weighted by Crippen LogP contribution is 2.26. The first kappa shape index (κ1) is 18.7. The summed E-state index contributed by atoms with van der Waals surface area (Å²) in [5.41, 5.74) is 1.99. The van der Waals surface area contributed by atoms with Crippen molar-refractivity contribution in [3.63, 3.8) is 0 Å². The van der Waals surface area contributed by atoms with Gasteiger partial charge in [-0.1, -0.05) is 0 Å². The Morgan fingerprint density at radius 2 is 1.96 bits per heavy atom. The van der Waals surface area contributed by atoms with Gasteiger partial charge in [0.2, 0.25) is 0 Å². The van der Waals surface area contributed by atoms with E-state index in [2.05, 4.69) is 20.6 Å². The fourth-order valence-corrected chi connectivity index (χ4v) is 2.43. The molecule has 140 valence electrons. The molecule has 3 aromatic rings. The Hall–Kier alpha value is -4.12. The van der Waals surface area contributed by atoms with Crippen molar-refractivity contribution in [3.8, 4) is 11.8 Å². The Bertz CT molecular complexity index is 1070. The molecule has 0 amide bonds. The lowest BCUT2D eigenvalue weighted by Gasteiger charge is -2.10. The van der Waals surface area contributed by atoms with Gasteiger partial charge in [0.25, 0.3) is 0 Å². The highest BCUT2D eigenvalue weighted by atomic mass is 16.5. The van der Waals surface area contributed by atoms with Gasteiger partial charge in [-0.3, -0.25) is 0 Å². The number of hydrogen-bond acceptors (Lipinski definition) is 8. The standard InChI is InChI=1S/C20H17N5O3/c1-2-28-20(27)13(10-21)11-22-15-5-8-18-17(9-15)19(24-12-23-18)25-14-3-6-16(26)7-4-14/h3-9,11-12,22,26H,2H2,1H3,(H,23,24,25)/b13-11-. The first-order valence-electron chi connectivity index (χ1n) is 8.45. The summed E-state index contributed by atoms with van der Waals surface area (Å²) in [7, 11) is 0. The molecule has 0 unspecified atom stereocenters. The minimum Gasteiger partial charge on any atom is -0.508 e. The second-order valence-electron chi connectivity index (χ2n) is 5.66. The van der Waals surface area contributed by atoms with Gasteiger partial charge in [0.1, 0.15) is 24.0 Å². The number of benzene rings is 2. The first-order valence-corrected chi connectivity index (χ1v) is 8.45. The number of phenolic OH excluding ortho intramolecular Hbond substituents is 1.